The van der Waals surface area contributed by atoms with E-state index in [4.69, 9.17) is 0 Å². The minimum absolute atomic E-state index is 0.508. The molecule has 1 aliphatic carbocycles. The summed E-state index contributed by atoms with van der Waals surface area (Å²) in [7, 11) is 0. The monoisotopic (exact) mass is 221 g/mol. The molecule has 92 valence electrons. The first kappa shape index (κ1) is 12.2. The summed E-state index contributed by atoms with van der Waals surface area (Å²) in [5.74, 6) is 1.94. The van der Waals surface area contributed by atoms with Gasteiger partial charge in [0, 0.05) is 13.1 Å². The van der Waals surface area contributed by atoms with Crippen LogP contribution < -0.4 is 0 Å². The molecule has 16 heavy (non-hydrogen) atoms. The summed E-state index contributed by atoms with van der Waals surface area (Å²) in [6, 6.07) is 0. The standard InChI is InChI=1S/C15H27N/c1-15(2,3)9-6-10-16-11-13-7-4-5-8-14(13)12-16/h4-5,13-14H,6-12H2,1-3H3. The van der Waals surface area contributed by atoms with E-state index in [1.165, 1.54) is 45.3 Å². The lowest BCUT2D eigenvalue weighted by Crippen LogP contribution is -2.23. The summed E-state index contributed by atoms with van der Waals surface area (Å²) in [6.07, 6.45) is 10.2. The molecule has 0 N–H and O–H groups in total. The lowest BCUT2D eigenvalue weighted by Gasteiger charge is -2.21. The molecule has 0 bridgehead atoms. The number of fused-ring (bicyclic) bond motifs is 1. The highest BCUT2D eigenvalue weighted by atomic mass is 15.1. The molecule has 0 spiro atoms. The molecule has 1 saturated heterocycles. The van der Waals surface area contributed by atoms with Gasteiger partial charge in [-0.05, 0) is 49.5 Å². The summed E-state index contributed by atoms with van der Waals surface area (Å²) < 4.78 is 0. The molecule has 0 aromatic carbocycles. The van der Waals surface area contributed by atoms with Crippen LogP contribution in [-0.4, -0.2) is 24.5 Å². The molecule has 2 aliphatic rings. The number of hydrogen-bond donors (Lipinski definition) is 0. The normalized spacial score (nSPS) is 30.7. The predicted molar refractivity (Wildman–Crippen MR) is 70.5 cm³/mol. The van der Waals surface area contributed by atoms with E-state index in [0.717, 1.165) is 11.8 Å². The Labute approximate surface area is 101 Å². The van der Waals surface area contributed by atoms with Gasteiger partial charge >= 0.3 is 0 Å². The highest BCUT2D eigenvalue weighted by molar-refractivity contribution is 4.99. The third kappa shape index (κ3) is 3.35. The van der Waals surface area contributed by atoms with E-state index in [1.54, 1.807) is 0 Å². The van der Waals surface area contributed by atoms with Crippen molar-refractivity contribution in [1.82, 2.24) is 4.90 Å². The van der Waals surface area contributed by atoms with Crippen LogP contribution in [0.25, 0.3) is 0 Å². The third-order valence-corrected chi connectivity index (χ3v) is 4.10. The molecule has 0 aromatic rings. The highest BCUT2D eigenvalue weighted by Crippen LogP contribution is 2.33. The molecular weight excluding hydrogens is 194 g/mol. The summed E-state index contributed by atoms with van der Waals surface area (Å²) in [4.78, 5) is 2.70. The van der Waals surface area contributed by atoms with Crippen LogP contribution in [-0.2, 0) is 0 Å². The first-order chi connectivity index (χ1) is 7.54. The van der Waals surface area contributed by atoms with Crippen LogP contribution in [0.4, 0.5) is 0 Å². The first-order valence-electron chi connectivity index (χ1n) is 6.92. The van der Waals surface area contributed by atoms with E-state index >= 15 is 0 Å². The van der Waals surface area contributed by atoms with Crippen molar-refractivity contribution in [3.8, 4) is 0 Å². The van der Waals surface area contributed by atoms with Crippen molar-refractivity contribution in [2.75, 3.05) is 19.6 Å². The molecule has 1 nitrogen and oxygen atoms in total. The van der Waals surface area contributed by atoms with Gasteiger partial charge in [-0.2, -0.15) is 0 Å². The summed E-state index contributed by atoms with van der Waals surface area (Å²) in [6.45, 7) is 11.1. The molecule has 1 aliphatic heterocycles. The zero-order valence-electron chi connectivity index (χ0n) is 11.2. The van der Waals surface area contributed by atoms with Gasteiger partial charge in [-0.1, -0.05) is 32.9 Å². The molecule has 2 atom stereocenters. The van der Waals surface area contributed by atoms with Crippen LogP contribution in [0.2, 0.25) is 0 Å². The van der Waals surface area contributed by atoms with Gasteiger partial charge in [0.05, 0.1) is 0 Å². The first-order valence-corrected chi connectivity index (χ1v) is 6.92. The average Bonchev–Trinajstić information content (AvgIpc) is 2.57. The lowest BCUT2D eigenvalue weighted by molar-refractivity contribution is 0.279. The average molecular weight is 221 g/mol. The van der Waals surface area contributed by atoms with Crippen molar-refractivity contribution in [1.29, 1.82) is 0 Å². The van der Waals surface area contributed by atoms with Crippen LogP contribution in [0.1, 0.15) is 46.5 Å². The van der Waals surface area contributed by atoms with Crippen molar-refractivity contribution in [3.63, 3.8) is 0 Å². The molecular formula is C15H27N. The fraction of sp³-hybridized carbons (Fsp3) is 0.867. The largest absolute Gasteiger partial charge is 0.303 e. The Bertz CT molecular complexity index is 233. The van der Waals surface area contributed by atoms with E-state index < -0.39 is 0 Å². The summed E-state index contributed by atoms with van der Waals surface area (Å²) in [5, 5.41) is 0. The Kier molecular flexibility index (Phi) is 3.73. The van der Waals surface area contributed by atoms with Gasteiger partial charge in [-0.25, -0.2) is 0 Å². The number of allylic oxidation sites excluding steroid dienone is 2. The van der Waals surface area contributed by atoms with Crippen LogP contribution in [0.3, 0.4) is 0 Å². The van der Waals surface area contributed by atoms with Crippen molar-refractivity contribution < 1.29 is 0 Å². The quantitative estimate of drug-likeness (QED) is 0.657. The second-order valence-corrected chi connectivity index (χ2v) is 6.89. The second kappa shape index (κ2) is 4.91. The second-order valence-electron chi connectivity index (χ2n) is 6.89. The Morgan fingerprint density at radius 3 is 2.12 bits per heavy atom. The Morgan fingerprint density at radius 1 is 1.06 bits per heavy atom. The van der Waals surface area contributed by atoms with E-state index in [0.29, 0.717) is 5.41 Å². The number of likely N-dealkylation sites (tertiary alicyclic amines) is 1. The van der Waals surface area contributed by atoms with Crippen LogP contribution >= 0.6 is 0 Å². The number of rotatable bonds is 3. The maximum absolute atomic E-state index is 2.70. The van der Waals surface area contributed by atoms with Crippen LogP contribution in [0, 0.1) is 17.3 Å². The molecule has 1 heterocycles. The van der Waals surface area contributed by atoms with Crippen molar-refractivity contribution in [3.05, 3.63) is 12.2 Å². The van der Waals surface area contributed by atoms with Gasteiger partial charge < -0.3 is 4.90 Å². The molecule has 0 radical (unpaired) electrons. The molecule has 1 fully saturated rings. The molecule has 2 rings (SSSR count). The maximum Gasteiger partial charge on any atom is 0.00160 e. The minimum atomic E-state index is 0.508. The SMILES string of the molecule is CC(C)(C)CCCN1CC2CC=CCC2C1. The molecule has 2 unspecified atom stereocenters. The van der Waals surface area contributed by atoms with Gasteiger partial charge in [-0.3, -0.25) is 0 Å². The van der Waals surface area contributed by atoms with Gasteiger partial charge in [0.25, 0.3) is 0 Å². The molecule has 1 heteroatoms. The topological polar surface area (TPSA) is 3.24 Å². The number of nitrogens with zero attached hydrogens (tertiary/aromatic N) is 1. The fourth-order valence-corrected chi connectivity index (χ4v) is 3.13. The van der Waals surface area contributed by atoms with Gasteiger partial charge in [0.2, 0.25) is 0 Å². The third-order valence-electron chi connectivity index (χ3n) is 4.10. The zero-order chi connectivity index (χ0) is 11.6. The summed E-state index contributed by atoms with van der Waals surface area (Å²) in [5.41, 5.74) is 0.508. The van der Waals surface area contributed by atoms with Crippen molar-refractivity contribution >= 4 is 0 Å². The van der Waals surface area contributed by atoms with Crippen molar-refractivity contribution in [2.45, 2.75) is 46.5 Å². The lowest BCUT2D eigenvalue weighted by atomic mass is 9.86. The minimum Gasteiger partial charge on any atom is -0.303 e. The van der Waals surface area contributed by atoms with Gasteiger partial charge in [-0.15, -0.1) is 0 Å². The smallest absolute Gasteiger partial charge is 0.00160 e. The van der Waals surface area contributed by atoms with Crippen molar-refractivity contribution in [2.24, 2.45) is 17.3 Å². The highest BCUT2D eigenvalue weighted by Gasteiger charge is 2.32. The maximum atomic E-state index is 2.70. The Morgan fingerprint density at radius 2 is 1.62 bits per heavy atom. The van der Waals surface area contributed by atoms with Gasteiger partial charge in [0.15, 0.2) is 0 Å². The summed E-state index contributed by atoms with van der Waals surface area (Å²) >= 11 is 0. The van der Waals surface area contributed by atoms with E-state index in [-0.39, 0.29) is 0 Å². The Balaban J connectivity index is 1.69. The van der Waals surface area contributed by atoms with E-state index in [9.17, 15) is 0 Å². The van der Waals surface area contributed by atoms with Crippen LogP contribution in [0.15, 0.2) is 12.2 Å². The molecule has 0 amide bonds. The van der Waals surface area contributed by atoms with Gasteiger partial charge in [0.1, 0.15) is 0 Å². The predicted octanol–water partition coefficient (Wildman–Crippen LogP) is 3.71. The molecule has 0 aromatic heterocycles. The Hall–Kier alpha value is -0.300. The molecule has 0 saturated carbocycles. The number of hydrogen-bond acceptors (Lipinski definition) is 1. The zero-order valence-corrected chi connectivity index (χ0v) is 11.2. The van der Waals surface area contributed by atoms with E-state index in [1.807, 2.05) is 0 Å². The fourth-order valence-electron chi connectivity index (χ4n) is 3.13. The van der Waals surface area contributed by atoms with E-state index in [2.05, 4.69) is 37.8 Å². The van der Waals surface area contributed by atoms with Crippen LogP contribution in [0.5, 0.6) is 0 Å².